The summed E-state index contributed by atoms with van der Waals surface area (Å²) in [6.45, 7) is 4.33. The molecule has 3 heterocycles. The number of pyridine rings is 1. The van der Waals surface area contributed by atoms with Gasteiger partial charge in [-0.15, -0.1) is 0 Å². The molecule has 0 unspecified atom stereocenters. The molecule has 0 radical (unpaired) electrons. The maximum absolute atomic E-state index is 12.1. The Hall–Kier alpha value is -2.94. The van der Waals surface area contributed by atoms with Crippen molar-refractivity contribution in [3.63, 3.8) is 0 Å². The lowest BCUT2D eigenvalue weighted by Gasteiger charge is -2.10. The zero-order chi connectivity index (χ0) is 19.0. The second kappa shape index (κ2) is 6.99. The van der Waals surface area contributed by atoms with Crippen LogP contribution in [0.5, 0.6) is 11.5 Å². The first-order valence-electron chi connectivity index (χ1n) is 8.41. The van der Waals surface area contributed by atoms with E-state index in [0.29, 0.717) is 28.8 Å². The topological polar surface area (TPSA) is 101 Å². The molecule has 9 heteroatoms. The molecular weight excluding hydrogens is 368 g/mol. The number of hydrogen-bond acceptors (Lipinski definition) is 8. The summed E-state index contributed by atoms with van der Waals surface area (Å²) in [4.78, 5) is 21.8. The summed E-state index contributed by atoms with van der Waals surface area (Å²) < 4.78 is 17.8. The highest BCUT2D eigenvalue weighted by molar-refractivity contribution is 7.99. The van der Waals surface area contributed by atoms with Crippen molar-refractivity contribution in [1.29, 1.82) is 0 Å². The van der Waals surface area contributed by atoms with E-state index in [-0.39, 0.29) is 19.3 Å². The summed E-state index contributed by atoms with van der Waals surface area (Å²) >= 11 is 1.43. The van der Waals surface area contributed by atoms with E-state index in [1.807, 2.05) is 19.1 Å². The Morgan fingerprint density at radius 3 is 2.93 bits per heavy atom. The maximum atomic E-state index is 12.1. The standard InChI is InChI=1S/C18H18N4O4S/c1-3-24-15(23)8-22-11-4-5-20-17(19)16(11)21-18(22)27-14-7-13-12(6-10(14)2)25-9-26-13/h4-7H,3,8-9H2,1-2H3,(H2,19,20). The fourth-order valence-electron chi connectivity index (χ4n) is 2.85. The Bertz CT molecular complexity index is 1030. The van der Waals surface area contributed by atoms with Crippen LogP contribution in [0.15, 0.2) is 34.4 Å². The van der Waals surface area contributed by atoms with Crippen LogP contribution in [0.25, 0.3) is 11.0 Å². The van der Waals surface area contributed by atoms with Gasteiger partial charge in [-0.1, -0.05) is 11.8 Å². The molecular formula is C18H18N4O4S. The van der Waals surface area contributed by atoms with Gasteiger partial charge in [-0.3, -0.25) is 4.79 Å². The predicted molar refractivity (Wildman–Crippen MR) is 100.0 cm³/mol. The molecule has 4 rings (SSSR count). The molecule has 8 nitrogen and oxygen atoms in total. The largest absolute Gasteiger partial charge is 0.465 e. The number of aryl methyl sites for hydroxylation is 1. The van der Waals surface area contributed by atoms with Crippen molar-refractivity contribution in [2.75, 3.05) is 19.1 Å². The molecule has 27 heavy (non-hydrogen) atoms. The molecule has 0 spiro atoms. The average Bonchev–Trinajstić information content (AvgIpc) is 3.21. The molecule has 2 N–H and O–H groups in total. The highest BCUT2D eigenvalue weighted by Gasteiger charge is 2.21. The molecule has 140 valence electrons. The number of nitrogens with zero attached hydrogens (tertiary/aromatic N) is 3. The Balaban J connectivity index is 1.77. The molecule has 0 atom stereocenters. The highest BCUT2D eigenvalue weighted by Crippen LogP contribution is 2.41. The van der Waals surface area contributed by atoms with E-state index in [1.165, 1.54) is 11.8 Å². The molecule has 0 aliphatic carbocycles. The number of imidazole rings is 1. The zero-order valence-electron chi connectivity index (χ0n) is 14.9. The number of carbonyl (C=O) groups excluding carboxylic acids is 1. The number of hydrogen-bond donors (Lipinski definition) is 1. The van der Waals surface area contributed by atoms with Gasteiger partial charge in [0.05, 0.1) is 12.1 Å². The minimum Gasteiger partial charge on any atom is -0.465 e. The molecule has 2 aromatic heterocycles. The maximum Gasteiger partial charge on any atom is 0.326 e. The number of carbonyl (C=O) groups is 1. The van der Waals surface area contributed by atoms with Crippen LogP contribution in [0.2, 0.25) is 0 Å². The van der Waals surface area contributed by atoms with Crippen LogP contribution in [0.1, 0.15) is 12.5 Å². The number of nitrogen functional groups attached to an aromatic ring is 1. The Morgan fingerprint density at radius 2 is 2.15 bits per heavy atom. The van der Waals surface area contributed by atoms with E-state index in [4.69, 9.17) is 19.9 Å². The lowest BCUT2D eigenvalue weighted by molar-refractivity contribution is -0.143. The summed E-state index contributed by atoms with van der Waals surface area (Å²) in [6.07, 6.45) is 1.60. The van der Waals surface area contributed by atoms with Crippen molar-refractivity contribution in [1.82, 2.24) is 14.5 Å². The van der Waals surface area contributed by atoms with Crippen molar-refractivity contribution in [3.8, 4) is 11.5 Å². The molecule has 3 aromatic rings. The number of rotatable bonds is 5. The molecule has 0 saturated heterocycles. The molecule has 1 aromatic carbocycles. The quantitative estimate of drug-likeness (QED) is 0.668. The zero-order valence-corrected chi connectivity index (χ0v) is 15.7. The SMILES string of the molecule is CCOC(=O)Cn1c(Sc2cc3c(cc2C)OCO3)nc2c(N)nccc21. The van der Waals surface area contributed by atoms with Crippen LogP contribution in [0, 0.1) is 6.92 Å². The van der Waals surface area contributed by atoms with Crippen molar-refractivity contribution in [2.45, 2.75) is 30.4 Å². The summed E-state index contributed by atoms with van der Waals surface area (Å²) in [5.41, 5.74) is 8.29. The first kappa shape index (κ1) is 17.5. The van der Waals surface area contributed by atoms with E-state index in [9.17, 15) is 4.79 Å². The third kappa shape index (κ3) is 3.25. The van der Waals surface area contributed by atoms with Gasteiger partial charge in [0.2, 0.25) is 6.79 Å². The number of anilines is 1. The minimum atomic E-state index is -0.337. The highest BCUT2D eigenvalue weighted by atomic mass is 32.2. The smallest absolute Gasteiger partial charge is 0.326 e. The number of nitrogens with two attached hydrogens (primary N) is 1. The molecule has 0 saturated carbocycles. The summed E-state index contributed by atoms with van der Waals surface area (Å²) in [5, 5.41) is 0.625. The van der Waals surface area contributed by atoms with Gasteiger partial charge in [0, 0.05) is 11.1 Å². The number of benzene rings is 1. The van der Waals surface area contributed by atoms with Crippen LogP contribution in [0.3, 0.4) is 0 Å². The first-order valence-corrected chi connectivity index (χ1v) is 9.23. The van der Waals surface area contributed by atoms with Crippen LogP contribution >= 0.6 is 11.8 Å². The third-order valence-corrected chi connectivity index (χ3v) is 5.28. The average molecular weight is 386 g/mol. The monoisotopic (exact) mass is 386 g/mol. The number of ether oxygens (including phenoxy) is 3. The van der Waals surface area contributed by atoms with Crippen LogP contribution < -0.4 is 15.2 Å². The summed E-state index contributed by atoms with van der Waals surface area (Å²) in [5.74, 6) is 1.40. The van der Waals surface area contributed by atoms with Crippen LogP contribution in [-0.2, 0) is 16.1 Å². The Kier molecular flexibility index (Phi) is 4.53. The minimum absolute atomic E-state index is 0.0414. The molecule has 1 aliphatic rings. The first-order chi connectivity index (χ1) is 13.1. The predicted octanol–water partition coefficient (Wildman–Crippen LogP) is 2.76. The van der Waals surface area contributed by atoms with Crippen molar-refractivity contribution < 1.29 is 19.0 Å². The van der Waals surface area contributed by atoms with Gasteiger partial charge in [0.15, 0.2) is 22.5 Å². The normalized spacial score (nSPS) is 12.5. The summed E-state index contributed by atoms with van der Waals surface area (Å²) in [7, 11) is 0. The molecule has 0 fully saturated rings. The van der Waals surface area contributed by atoms with E-state index in [0.717, 1.165) is 21.7 Å². The molecule has 0 amide bonds. The van der Waals surface area contributed by atoms with Crippen LogP contribution in [-0.4, -0.2) is 33.9 Å². The lowest BCUT2D eigenvalue weighted by atomic mass is 10.2. The number of aromatic nitrogens is 3. The van der Waals surface area contributed by atoms with Gasteiger partial charge in [-0.2, -0.15) is 0 Å². The Morgan fingerprint density at radius 1 is 1.37 bits per heavy atom. The Labute approximate surface area is 159 Å². The van der Waals surface area contributed by atoms with Crippen molar-refractivity contribution in [3.05, 3.63) is 30.0 Å². The fourth-order valence-corrected chi connectivity index (χ4v) is 3.84. The fraction of sp³-hybridized carbons (Fsp3) is 0.278. The van der Waals surface area contributed by atoms with Crippen molar-refractivity contribution >= 4 is 34.6 Å². The van der Waals surface area contributed by atoms with Gasteiger partial charge in [-0.25, -0.2) is 9.97 Å². The molecule has 1 aliphatic heterocycles. The van der Waals surface area contributed by atoms with Gasteiger partial charge in [0.25, 0.3) is 0 Å². The van der Waals surface area contributed by atoms with Crippen molar-refractivity contribution in [2.24, 2.45) is 0 Å². The summed E-state index contributed by atoms with van der Waals surface area (Å²) in [6, 6.07) is 5.63. The molecule has 0 bridgehead atoms. The van der Waals surface area contributed by atoms with Gasteiger partial charge < -0.3 is 24.5 Å². The van der Waals surface area contributed by atoms with E-state index in [2.05, 4.69) is 9.97 Å². The third-order valence-electron chi connectivity index (χ3n) is 4.12. The lowest BCUT2D eigenvalue weighted by Crippen LogP contribution is -2.14. The van der Waals surface area contributed by atoms with E-state index < -0.39 is 0 Å². The van der Waals surface area contributed by atoms with Crippen LogP contribution in [0.4, 0.5) is 5.82 Å². The van der Waals surface area contributed by atoms with E-state index >= 15 is 0 Å². The number of esters is 1. The van der Waals surface area contributed by atoms with E-state index in [1.54, 1.807) is 23.8 Å². The van der Waals surface area contributed by atoms with Gasteiger partial charge in [0.1, 0.15) is 12.1 Å². The van der Waals surface area contributed by atoms with Gasteiger partial charge >= 0.3 is 5.97 Å². The van der Waals surface area contributed by atoms with Gasteiger partial charge in [-0.05, 0) is 37.6 Å². The second-order valence-electron chi connectivity index (χ2n) is 5.92. The number of fused-ring (bicyclic) bond motifs is 2. The second-order valence-corrected chi connectivity index (χ2v) is 6.93.